The van der Waals surface area contributed by atoms with Crippen molar-refractivity contribution in [2.24, 2.45) is 0 Å². The van der Waals surface area contributed by atoms with E-state index in [9.17, 15) is 0 Å². The molecule has 0 aliphatic carbocycles. The molecule has 1 aliphatic heterocycles. The van der Waals surface area contributed by atoms with Gasteiger partial charge in [-0.1, -0.05) is 123 Å². The Kier molecular flexibility index (Phi) is 6.26. The molecule has 0 bridgehead atoms. The van der Waals surface area contributed by atoms with Crippen molar-refractivity contribution in [3.05, 3.63) is 174 Å². The average Bonchev–Trinajstić information content (AvgIpc) is 3.48. The molecule has 7 aromatic carbocycles. The Morgan fingerprint density at radius 3 is 1.67 bits per heavy atom. The van der Waals surface area contributed by atoms with Crippen molar-refractivity contribution in [3.8, 4) is 56.3 Å². The van der Waals surface area contributed by atoms with Crippen molar-refractivity contribution in [2.45, 2.75) is 19.3 Å². The van der Waals surface area contributed by atoms with Crippen LogP contribution in [0.15, 0.2) is 158 Å². The van der Waals surface area contributed by atoms with Gasteiger partial charge in [-0.05, 0) is 104 Å². The second kappa shape index (κ2) is 10.7. The van der Waals surface area contributed by atoms with Crippen molar-refractivity contribution in [1.82, 2.24) is 4.57 Å². The molecule has 0 atom stereocenters. The summed E-state index contributed by atoms with van der Waals surface area (Å²) in [6.45, 7) is 4.73. The maximum absolute atomic E-state index is 9.13. The van der Waals surface area contributed by atoms with Gasteiger partial charge in [0, 0.05) is 16.2 Å². The van der Waals surface area contributed by atoms with E-state index in [0.29, 0.717) is 5.56 Å². The van der Waals surface area contributed by atoms with E-state index in [1.807, 2.05) is 24.3 Å². The van der Waals surface area contributed by atoms with Crippen LogP contribution in [0.3, 0.4) is 0 Å². The van der Waals surface area contributed by atoms with Crippen LogP contribution in [0, 0.1) is 11.3 Å². The van der Waals surface area contributed by atoms with Gasteiger partial charge in [-0.25, -0.2) is 0 Å². The highest BCUT2D eigenvalue weighted by molar-refractivity contribution is 6.13. The molecule has 0 saturated heterocycles. The molecule has 2 nitrogen and oxygen atoms in total. The molecule has 9 rings (SSSR count). The predicted molar refractivity (Wildman–Crippen MR) is 199 cm³/mol. The van der Waals surface area contributed by atoms with E-state index in [1.165, 1.54) is 72.0 Å². The summed E-state index contributed by atoms with van der Waals surface area (Å²) in [5.74, 6) is 0. The van der Waals surface area contributed by atoms with E-state index in [-0.39, 0.29) is 5.41 Å². The molecule has 2 heteroatoms. The Balaban J connectivity index is 1.12. The molecule has 0 radical (unpaired) electrons. The lowest BCUT2D eigenvalue weighted by Gasteiger charge is -2.35. The van der Waals surface area contributed by atoms with Crippen LogP contribution in [0.25, 0.3) is 72.0 Å². The van der Waals surface area contributed by atoms with Gasteiger partial charge in [0.15, 0.2) is 0 Å². The lowest BCUT2D eigenvalue weighted by atomic mass is 9.74. The quantitative estimate of drug-likeness (QED) is 0.194. The van der Waals surface area contributed by atoms with E-state index < -0.39 is 0 Å². The summed E-state index contributed by atoms with van der Waals surface area (Å²) in [6, 6.07) is 58.9. The van der Waals surface area contributed by atoms with E-state index >= 15 is 0 Å². The second-order valence-corrected chi connectivity index (χ2v) is 13.3. The number of aromatic nitrogens is 1. The van der Waals surface area contributed by atoms with Crippen molar-refractivity contribution in [1.29, 1.82) is 5.26 Å². The molecule has 0 spiro atoms. The minimum absolute atomic E-state index is 0.142. The number of fused-ring (bicyclic) bond motifs is 5. The maximum Gasteiger partial charge on any atom is 0.0991 e. The molecule has 0 N–H and O–H groups in total. The van der Waals surface area contributed by atoms with Crippen LogP contribution in [0.2, 0.25) is 0 Å². The van der Waals surface area contributed by atoms with E-state index in [0.717, 1.165) is 11.1 Å². The molecule has 0 saturated carbocycles. The third-order valence-corrected chi connectivity index (χ3v) is 10.2. The molecule has 48 heavy (non-hydrogen) atoms. The molecule has 0 unspecified atom stereocenters. The van der Waals surface area contributed by atoms with Gasteiger partial charge in [0.05, 0.1) is 28.4 Å². The lowest BCUT2D eigenvalue weighted by Crippen LogP contribution is -2.26. The monoisotopic (exact) mass is 612 g/mol. The van der Waals surface area contributed by atoms with Gasteiger partial charge in [-0.15, -0.1) is 0 Å². The summed E-state index contributed by atoms with van der Waals surface area (Å²) in [5, 5.41) is 11.7. The second-order valence-electron chi connectivity index (χ2n) is 13.3. The van der Waals surface area contributed by atoms with Crippen molar-refractivity contribution in [2.75, 3.05) is 0 Å². The minimum atomic E-state index is -0.142. The molecular weight excluding hydrogens is 581 g/mol. The number of hydrogen-bond donors (Lipinski definition) is 0. The fourth-order valence-corrected chi connectivity index (χ4v) is 7.68. The Morgan fingerprint density at radius 2 is 1.00 bits per heavy atom. The van der Waals surface area contributed by atoms with Gasteiger partial charge in [0.25, 0.3) is 0 Å². The van der Waals surface area contributed by atoms with Crippen LogP contribution in [0.4, 0.5) is 0 Å². The van der Waals surface area contributed by atoms with Crippen LogP contribution in [-0.4, -0.2) is 4.57 Å². The zero-order valence-corrected chi connectivity index (χ0v) is 26.9. The fraction of sp³-hybridized carbons (Fsp3) is 0.0652. The molecule has 1 aliphatic rings. The molecule has 2 heterocycles. The molecule has 8 aromatic rings. The normalized spacial score (nSPS) is 12.9. The molecular formula is C46H32N2. The Bertz CT molecular complexity index is 2570. The number of benzene rings is 7. The zero-order chi connectivity index (χ0) is 32.4. The molecule has 1 aromatic heterocycles. The first-order valence-corrected chi connectivity index (χ1v) is 16.5. The van der Waals surface area contributed by atoms with Crippen molar-refractivity contribution >= 4 is 21.8 Å². The first kappa shape index (κ1) is 28.1. The topological polar surface area (TPSA) is 28.7 Å². The van der Waals surface area contributed by atoms with Gasteiger partial charge in [-0.3, -0.25) is 0 Å². The molecule has 0 amide bonds. The van der Waals surface area contributed by atoms with Crippen LogP contribution < -0.4 is 0 Å². The van der Waals surface area contributed by atoms with Crippen molar-refractivity contribution in [3.63, 3.8) is 0 Å². The van der Waals surface area contributed by atoms with Crippen LogP contribution in [-0.2, 0) is 5.41 Å². The highest BCUT2D eigenvalue weighted by Gasteiger charge is 2.35. The number of rotatable bonds is 4. The first-order valence-electron chi connectivity index (χ1n) is 16.5. The smallest absolute Gasteiger partial charge is 0.0991 e. The van der Waals surface area contributed by atoms with E-state index in [2.05, 4.69) is 158 Å². The summed E-state index contributed by atoms with van der Waals surface area (Å²) in [5.41, 5.74) is 16.5. The van der Waals surface area contributed by atoms with E-state index in [1.54, 1.807) is 0 Å². The number of nitrogens with zero attached hydrogens (tertiary/aromatic N) is 2. The van der Waals surface area contributed by atoms with Crippen LogP contribution in [0.1, 0.15) is 30.5 Å². The third-order valence-electron chi connectivity index (χ3n) is 10.2. The average molecular weight is 613 g/mol. The Morgan fingerprint density at radius 1 is 0.458 bits per heavy atom. The van der Waals surface area contributed by atoms with Gasteiger partial charge in [0.2, 0.25) is 0 Å². The van der Waals surface area contributed by atoms with Gasteiger partial charge in [0.1, 0.15) is 0 Å². The highest BCUT2D eigenvalue weighted by atomic mass is 15.0. The zero-order valence-electron chi connectivity index (χ0n) is 26.9. The summed E-state index contributed by atoms with van der Waals surface area (Å²) >= 11 is 0. The van der Waals surface area contributed by atoms with Gasteiger partial charge in [-0.2, -0.15) is 5.26 Å². The summed E-state index contributed by atoms with van der Waals surface area (Å²) in [6.07, 6.45) is 0. The van der Waals surface area contributed by atoms with Crippen LogP contribution in [0.5, 0.6) is 0 Å². The molecule has 0 fully saturated rings. The number of hydrogen-bond acceptors (Lipinski definition) is 1. The van der Waals surface area contributed by atoms with Crippen LogP contribution >= 0.6 is 0 Å². The Labute approximate surface area is 280 Å². The minimum Gasteiger partial charge on any atom is -0.309 e. The fourth-order valence-electron chi connectivity index (χ4n) is 7.68. The number of nitriles is 1. The largest absolute Gasteiger partial charge is 0.309 e. The first-order chi connectivity index (χ1) is 23.5. The SMILES string of the molecule is CC1(C)c2ccccc2-n2c3ccccc3c3cc(-c4cccc(-c5cccc(-c6ccc(-c7ccc(C#N)cc7)cc6)c5)c4)cc1c32. The lowest BCUT2D eigenvalue weighted by molar-refractivity contribution is 0.630. The highest BCUT2D eigenvalue weighted by Crippen LogP contribution is 2.49. The van der Waals surface area contributed by atoms with Gasteiger partial charge < -0.3 is 4.57 Å². The standard InChI is InChI=1S/C46H32N2/c1-46(2)41-14-4-6-16-44(41)48-43-15-5-3-13-39(43)40-27-38(28-42(46)45(40)48)37-12-8-11-36(26-37)35-10-7-9-34(25-35)33-23-21-32(22-24-33)31-19-17-30(29-47)18-20-31/h3-28H,1-2H3. The Hall–Kier alpha value is -6.17. The summed E-state index contributed by atoms with van der Waals surface area (Å²) < 4.78 is 2.48. The van der Waals surface area contributed by atoms with Crippen molar-refractivity contribution < 1.29 is 0 Å². The maximum atomic E-state index is 9.13. The predicted octanol–water partition coefficient (Wildman–Crippen LogP) is 12.0. The van der Waals surface area contributed by atoms with Gasteiger partial charge >= 0.3 is 0 Å². The summed E-state index contributed by atoms with van der Waals surface area (Å²) in [4.78, 5) is 0. The summed E-state index contributed by atoms with van der Waals surface area (Å²) in [7, 11) is 0. The third kappa shape index (κ3) is 4.33. The number of para-hydroxylation sites is 2. The van der Waals surface area contributed by atoms with E-state index in [4.69, 9.17) is 5.26 Å². The molecule has 226 valence electrons.